The predicted molar refractivity (Wildman–Crippen MR) is 63.7 cm³/mol. The quantitative estimate of drug-likeness (QED) is 0.772. The van der Waals surface area contributed by atoms with Crippen molar-refractivity contribution < 1.29 is 9.90 Å². The topological polar surface area (TPSA) is 78.3 Å². The normalized spacial score (nSPS) is 25.2. The minimum atomic E-state index is -1.41. The summed E-state index contributed by atoms with van der Waals surface area (Å²) < 4.78 is 0. The van der Waals surface area contributed by atoms with Gasteiger partial charge < -0.3 is 15.3 Å². The Kier molecular flexibility index (Phi) is 2.62. The molecule has 1 aliphatic heterocycles. The highest BCUT2D eigenvalue weighted by molar-refractivity contribution is 7.11. The summed E-state index contributed by atoms with van der Waals surface area (Å²) in [6.45, 7) is 6.27. The summed E-state index contributed by atoms with van der Waals surface area (Å²) in [5.74, 6) is 0. The number of urea groups is 1. The third-order valence-electron chi connectivity index (χ3n) is 2.55. The molecule has 17 heavy (non-hydrogen) atoms. The van der Waals surface area contributed by atoms with Crippen molar-refractivity contribution in [1.82, 2.24) is 20.4 Å². The molecule has 6 nitrogen and oxygen atoms in total. The van der Waals surface area contributed by atoms with Gasteiger partial charge in [-0.05, 0) is 0 Å². The zero-order valence-corrected chi connectivity index (χ0v) is 11.1. The van der Waals surface area contributed by atoms with Crippen LogP contribution in [0.5, 0.6) is 0 Å². The second-order valence-corrected chi connectivity index (χ2v) is 6.29. The molecule has 0 aromatic carbocycles. The minimum absolute atomic E-state index is 0.110. The number of nitrogens with one attached hydrogen (secondary N) is 1. The third kappa shape index (κ3) is 2.12. The van der Waals surface area contributed by atoms with Gasteiger partial charge in [0.2, 0.25) is 5.72 Å². The maximum absolute atomic E-state index is 11.4. The Bertz CT molecular complexity index is 453. The maximum Gasteiger partial charge on any atom is 0.319 e. The van der Waals surface area contributed by atoms with Crippen molar-refractivity contribution in [3.8, 4) is 0 Å². The van der Waals surface area contributed by atoms with Gasteiger partial charge >= 0.3 is 6.03 Å². The SMILES string of the molecule is CN1CC(O)(c2nnc(C(C)(C)C)s2)NC1=O. The van der Waals surface area contributed by atoms with Gasteiger partial charge in [0.25, 0.3) is 0 Å². The molecule has 2 amide bonds. The monoisotopic (exact) mass is 256 g/mol. The molecule has 1 atom stereocenters. The number of rotatable bonds is 1. The second kappa shape index (κ2) is 3.64. The molecular formula is C10H16N4O2S. The van der Waals surface area contributed by atoms with E-state index in [-0.39, 0.29) is 18.0 Å². The molecule has 1 aromatic heterocycles. The lowest BCUT2D eigenvalue weighted by molar-refractivity contribution is 0.0278. The molecule has 0 aliphatic carbocycles. The molecule has 94 valence electrons. The molecule has 2 heterocycles. The summed E-state index contributed by atoms with van der Waals surface area (Å²) in [5.41, 5.74) is -1.52. The van der Waals surface area contributed by atoms with Crippen LogP contribution in [0, 0.1) is 0 Å². The van der Waals surface area contributed by atoms with E-state index in [1.165, 1.54) is 16.2 Å². The van der Waals surface area contributed by atoms with Crippen molar-refractivity contribution in [3.05, 3.63) is 10.0 Å². The van der Waals surface area contributed by atoms with Crippen LogP contribution in [0.2, 0.25) is 0 Å². The summed E-state index contributed by atoms with van der Waals surface area (Å²) in [6, 6.07) is -0.306. The highest BCUT2D eigenvalue weighted by Gasteiger charge is 2.44. The van der Waals surface area contributed by atoms with Crippen LogP contribution in [0.15, 0.2) is 0 Å². The molecule has 0 bridgehead atoms. The van der Waals surface area contributed by atoms with Gasteiger partial charge in [-0.1, -0.05) is 32.1 Å². The highest BCUT2D eigenvalue weighted by Crippen LogP contribution is 2.31. The molecule has 1 unspecified atom stereocenters. The summed E-state index contributed by atoms with van der Waals surface area (Å²) in [6.07, 6.45) is 0. The Balaban J connectivity index is 2.30. The van der Waals surface area contributed by atoms with Gasteiger partial charge in [-0.25, -0.2) is 4.79 Å². The van der Waals surface area contributed by atoms with Crippen LogP contribution in [0.4, 0.5) is 4.79 Å². The summed E-state index contributed by atoms with van der Waals surface area (Å²) in [4.78, 5) is 12.8. The van der Waals surface area contributed by atoms with E-state index in [4.69, 9.17) is 0 Å². The first kappa shape index (κ1) is 12.3. The van der Waals surface area contributed by atoms with Crippen LogP contribution in [0.3, 0.4) is 0 Å². The first-order chi connectivity index (χ1) is 7.72. The van der Waals surface area contributed by atoms with Crippen molar-refractivity contribution in [3.63, 3.8) is 0 Å². The number of likely N-dealkylation sites (N-methyl/N-ethyl adjacent to an activating group) is 1. The minimum Gasteiger partial charge on any atom is -0.364 e. The molecule has 1 fully saturated rings. The maximum atomic E-state index is 11.4. The van der Waals surface area contributed by atoms with Gasteiger partial charge in [0.05, 0.1) is 6.54 Å². The Morgan fingerprint density at radius 3 is 2.53 bits per heavy atom. The van der Waals surface area contributed by atoms with Crippen LogP contribution < -0.4 is 5.32 Å². The van der Waals surface area contributed by atoms with Crippen LogP contribution in [0.1, 0.15) is 30.8 Å². The fourth-order valence-corrected chi connectivity index (χ4v) is 2.48. The molecule has 1 saturated heterocycles. The summed E-state index contributed by atoms with van der Waals surface area (Å²) in [7, 11) is 1.62. The standard InChI is InChI=1S/C10H16N4O2S/c1-9(2,3)6-12-13-7(17-6)10(16)5-14(4)8(15)11-10/h16H,5H2,1-4H3,(H,11,15). The lowest BCUT2D eigenvalue weighted by Crippen LogP contribution is -2.40. The van der Waals surface area contributed by atoms with E-state index in [1.54, 1.807) is 7.05 Å². The first-order valence-corrected chi connectivity index (χ1v) is 6.14. The van der Waals surface area contributed by atoms with Gasteiger partial charge in [0, 0.05) is 12.5 Å². The van der Waals surface area contributed by atoms with Crippen LogP contribution in [0.25, 0.3) is 0 Å². The van der Waals surface area contributed by atoms with E-state index in [2.05, 4.69) is 15.5 Å². The average Bonchev–Trinajstić information content (AvgIpc) is 2.72. The number of hydrogen-bond acceptors (Lipinski definition) is 5. The molecular weight excluding hydrogens is 240 g/mol. The number of carbonyl (C=O) groups is 1. The number of hydrogen-bond donors (Lipinski definition) is 2. The van der Waals surface area contributed by atoms with E-state index in [9.17, 15) is 9.90 Å². The van der Waals surface area contributed by atoms with Crippen molar-refractivity contribution in [2.75, 3.05) is 13.6 Å². The number of amides is 2. The molecule has 1 aromatic rings. The lowest BCUT2D eigenvalue weighted by Gasteiger charge is -2.17. The van der Waals surface area contributed by atoms with Gasteiger partial charge in [-0.2, -0.15) is 0 Å². The molecule has 0 radical (unpaired) electrons. The molecule has 2 rings (SSSR count). The fraction of sp³-hybridized carbons (Fsp3) is 0.700. The van der Waals surface area contributed by atoms with E-state index in [0.29, 0.717) is 5.01 Å². The summed E-state index contributed by atoms with van der Waals surface area (Å²) in [5, 5.41) is 22.1. The average molecular weight is 256 g/mol. The number of β-amino-alcohol motifs (C(OH)–C–C–N with tert-alkyl or cyclic N) is 1. The van der Waals surface area contributed by atoms with Crippen molar-refractivity contribution in [2.45, 2.75) is 31.9 Å². The Morgan fingerprint density at radius 1 is 1.47 bits per heavy atom. The van der Waals surface area contributed by atoms with Crippen molar-refractivity contribution in [1.29, 1.82) is 0 Å². The molecule has 7 heteroatoms. The predicted octanol–water partition coefficient (Wildman–Crippen LogP) is 0.636. The van der Waals surface area contributed by atoms with Crippen molar-refractivity contribution >= 4 is 17.4 Å². The lowest BCUT2D eigenvalue weighted by atomic mass is 9.98. The zero-order valence-electron chi connectivity index (χ0n) is 10.3. The van der Waals surface area contributed by atoms with Crippen LogP contribution in [-0.2, 0) is 11.1 Å². The molecule has 1 aliphatic rings. The van der Waals surface area contributed by atoms with Crippen LogP contribution >= 0.6 is 11.3 Å². The Hall–Kier alpha value is -1.21. The van der Waals surface area contributed by atoms with Gasteiger partial charge in [-0.3, -0.25) is 0 Å². The smallest absolute Gasteiger partial charge is 0.319 e. The Labute approximate surface area is 104 Å². The fourth-order valence-electron chi connectivity index (χ4n) is 1.54. The summed E-state index contributed by atoms with van der Waals surface area (Å²) >= 11 is 1.33. The number of aliphatic hydroxyl groups is 1. The zero-order chi connectivity index (χ0) is 12.8. The molecule has 2 N–H and O–H groups in total. The van der Waals surface area contributed by atoms with Crippen LogP contribution in [-0.4, -0.2) is 39.8 Å². The van der Waals surface area contributed by atoms with E-state index >= 15 is 0 Å². The first-order valence-electron chi connectivity index (χ1n) is 5.32. The number of nitrogens with zero attached hydrogens (tertiary/aromatic N) is 3. The van der Waals surface area contributed by atoms with E-state index in [1.807, 2.05) is 20.8 Å². The van der Waals surface area contributed by atoms with E-state index < -0.39 is 5.72 Å². The highest BCUT2D eigenvalue weighted by atomic mass is 32.1. The molecule has 0 saturated carbocycles. The largest absolute Gasteiger partial charge is 0.364 e. The van der Waals surface area contributed by atoms with E-state index in [0.717, 1.165) is 5.01 Å². The Morgan fingerprint density at radius 2 is 2.12 bits per heavy atom. The third-order valence-corrected chi connectivity index (χ3v) is 4.05. The van der Waals surface area contributed by atoms with Crippen molar-refractivity contribution in [2.24, 2.45) is 0 Å². The number of aromatic nitrogens is 2. The van der Waals surface area contributed by atoms with Gasteiger partial charge in [0.1, 0.15) is 5.01 Å². The number of carbonyl (C=O) groups excluding carboxylic acids is 1. The second-order valence-electron chi connectivity index (χ2n) is 5.31. The molecule has 0 spiro atoms. The van der Waals surface area contributed by atoms with Gasteiger partial charge in [-0.15, -0.1) is 10.2 Å². The van der Waals surface area contributed by atoms with Gasteiger partial charge in [0.15, 0.2) is 5.01 Å².